The maximum absolute atomic E-state index is 12.6. The van der Waals surface area contributed by atoms with E-state index in [-0.39, 0.29) is 24.5 Å². The fourth-order valence-corrected chi connectivity index (χ4v) is 3.03. The summed E-state index contributed by atoms with van der Waals surface area (Å²) in [4.78, 5) is 25.8. The summed E-state index contributed by atoms with van der Waals surface area (Å²) in [6.07, 6.45) is 2.14. The van der Waals surface area contributed by atoms with Crippen LogP contribution in [-0.2, 0) is 9.59 Å². The van der Waals surface area contributed by atoms with Crippen LogP contribution in [0.3, 0.4) is 0 Å². The highest BCUT2D eigenvalue weighted by molar-refractivity contribution is 5.90. The molecule has 0 saturated carbocycles. The monoisotopic (exact) mass is 358 g/mol. The molecule has 3 rings (SSSR count). The third-order valence-electron chi connectivity index (χ3n) is 4.38. The van der Waals surface area contributed by atoms with Gasteiger partial charge in [-0.2, -0.15) is 0 Å². The normalized spacial score (nSPS) is 16.5. The topological polar surface area (TPSA) is 97.6 Å². The number of nitrogens with one attached hydrogen (secondary N) is 1. The lowest BCUT2D eigenvalue weighted by atomic mass is 10.1. The van der Waals surface area contributed by atoms with Crippen molar-refractivity contribution >= 4 is 17.5 Å². The number of aryl methyl sites for hydroxylation is 1. The summed E-state index contributed by atoms with van der Waals surface area (Å²) in [5, 5.41) is 10.5. The van der Waals surface area contributed by atoms with Crippen LogP contribution in [0.4, 0.5) is 5.69 Å². The van der Waals surface area contributed by atoms with E-state index in [0.29, 0.717) is 35.8 Å². The average molecular weight is 358 g/mol. The van der Waals surface area contributed by atoms with Gasteiger partial charge in [-0.25, -0.2) is 4.63 Å². The molecule has 1 aromatic carbocycles. The smallest absolute Gasteiger partial charge is 0.261 e. The molecule has 1 aromatic heterocycles. The first kappa shape index (κ1) is 17.9. The van der Waals surface area contributed by atoms with Crippen molar-refractivity contribution < 1.29 is 19.0 Å². The predicted octanol–water partition coefficient (Wildman–Crippen LogP) is 2.47. The Morgan fingerprint density at radius 2 is 2.23 bits per heavy atom. The van der Waals surface area contributed by atoms with Crippen LogP contribution in [-0.4, -0.2) is 40.2 Å². The average Bonchev–Trinajstić information content (AvgIpc) is 3.28. The molecule has 8 heteroatoms. The summed E-state index contributed by atoms with van der Waals surface area (Å²) >= 11 is 0. The van der Waals surface area contributed by atoms with E-state index in [1.54, 1.807) is 36.1 Å². The maximum Gasteiger partial charge on any atom is 0.261 e. The van der Waals surface area contributed by atoms with Gasteiger partial charge in [0.2, 0.25) is 5.91 Å². The predicted molar refractivity (Wildman–Crippen MR) is 93.6 cm³/mol. The van der Waals surface area contributed by atoms with E-state index in [4.69, 9.17) is 9.37 Å². The summed E-state index contributed by atoms with van der Waals surface area (Å²) in [7, 11) is 0. The van der Waals surface area contributed by atoms with Gasteiger partial charge in [-0.15, -0.1) is 0 Å². The van der Waals surface area contributed by atoms with E-state index in [1.165, 1.54) is 0 Å². The lowest BCUT2D eigenvalue weighted by Crippen LogP contribution is -2.34. The van der Waals surface area contributed by atoms with E-state index in [9.17, 15) is 9.59 Å². The lowest BCUT2D eigenvalue weighted by Gasteiger charge is -2.23. The van der Waals surface area contributed by atoms with Crippen LogP contribution in [0.2, 0.25) is 0 Å². The molecule has 0 unspecified atom stereocenters. The Morgan fingerprint density at radius 1 is 1.38 bits per heavy atom. The van der Waals surface area contributed by atoms with Gasteiger partial charge in [0.15, 0.2) is 6.61 Å². The third-order valence-corrected chi connectivity index (χ3v) is 4.38. The van der Waals surface area contributed by atoms with E-state index in [1.807, 2.05) is 6.92 Å². The number of rotatable bonds is 6. The van der Waals surface area contributed by atoms with Crippen molar-refractivity contribution in [1.29, 1.82) is 0 Å². The quantitative estimate of drug-likeness (QED) is 0.852. The summed E-state index contributed by atoms with van der Waals surface area (Å²) in [5.41, 5.74) is 2.06. The minimum Gasteiger partial charge on any atom is -0.484 e. The van der Waals surface area contributed by atoms with Gasteiger partial charge in [-0.1, -0.05) is 23.3 Å². The minimum absolute atomic E-state index is 0.0743. The third kappa shape index (κ3) is 4.01. The van der Waals surface area contributed by atoms with E-state index in [0.717, 1.165) is 12.8 Å². The molecule has 2 aromatic rings. The van der Waals surface area contributed by atoms with Gasteiger partial charge >= 0.3 is 0 Å². The van der Waals surface area contributed by atoms with Crippen LogP contribution in [0.25, 0.3) is 0 Å². The molecule has 1 N–H and O–H groups in total. The second kappa shape index (κ2) is 7.99. The Hall–Kier alpha value is -2.90. The molecule has 1 aliphatic heterocycles. The van der Waals surface area contributed by atoms with Crippen molar-refractivity contribution in [2.75, 3.05) is 18.5 Å². The van der Waals surface area contributed by atoms with Gasteiger partial charge < -0.3 is 15.0 Å². The number of anilines is 1. The molecule has 2 heterocycles. The van der Waals surface area contributed by atoms with Crippen LogP contribution in [0.5, 0.6) is 5.75 Å². The fourth-order valence-electron chi connectivity index (χ4n) is 3.03. The van der Waals surface area contributed by atoms with Gasteiger partial charge in [0, 0.05) is 24.7 Å². The van der Waals surface area contributed by atoms with Crippen molar-refractivity contribution in [2.45, 2.75) is 39.2 Å². The molecule has 26 heavy (non-hydrogen) atoms. The number of likely N-dealkylation sites (tertiary alicyclic amines) is 1. The molecule has 2 amide bonds. The number of benzene rings is 1. The number of nitrogens with zero attached hydrogens (tertiary/aromatic N) is 3. The molecule has 1 saturated heterocycles. The first-order valence-corrected chi connectivity index (χ1v) is 8.69. The SMILES string of the molecule is CCC(=O)Nc1cccc(OCC(=O)N2CCC[C@H]2c2nonc2C)c1. The number of ether oxygens (including phenoxy) is 1. The second-order valence-electron chi connectivity index (χ2n) is 6.20. The van der Waals surface area contributed by atoms with Crippen LogP contribution >= 0.6 is 0 Å². The summed E-state index contributed by atoms with van der Waals surface area (Å²) in [5.74, 6) is 0.343. The van der Waals surface area contributed by atoms with E-state index < -0.39 is 0 Å². The first-order valence-electron chi connectivity index (χ1n) is 8.69. The Bertz CT molecular complexity index is 789. The minimum atomic E-state index is -0.118. The van der Waals surface area contributed by atoms with Gasteiger partial charge in [0.1, 0.15) is 17.1 Å². The molecular formula is C18H22N4O4. The fraction of sp³-hybridized carbons (Fsp3) is 0.444. The number of carbonyl (C=O) groups is 2. The standard InChI is InChI=1S/C18H22N4O4/c1-3-16(23)19-13-6-4-7-14(10-13)25-11-17(24)22-9-5-8-15(22)18-12(2)20-26-21-18/h4,6-7,10,15H,3,5,8-9,11H2,1-2H3,(H,19,23)/t15-/m0/s1. The number of amides is 2. The van der Waals surface area contributed by atoms with Crippen LogP contribution < -0.4 is 10.1 Å². The van der Waals surface area contributed by atoms with Gasteiger partial charge in [0.05, 0.1) is 6.04 Å². The number of hydrogen-bond acceptors (Lipinski definition) is 6. The zero-order chi connectivity index (χ0) is 18.5. The highest BCUT2D eigenvalue weighted by Gasteiger charge is 2.33. The molecule has 0 aliphatic carbocycles. The Morgan fingerprint density at radius 3 is 2.96 bits per heavy atom. The molecule has 8 nitrogen and oxygen atoms in total. The maximum atomic E-state index is 12.6. The molecule has 1 aliphatic rings. The number of aromatic nitrogens is 2. The molecule has 0 radical (unpaired) electrons. The molecule has 1 atom stereocenters. The zero-order valence-electron chi connectivity index (χ0n) is 14.9. The largest absolute Gasteiger partial charge is 0.484 e. The van der Waals surface area contributed by atoms with Crippen molar-refractivity contribution in [3.05, 3.63) is 35.7 Å². The van der Waals surface area contributed by atoms with Crippen molar-refractivity contribution in [3.63, 3.8) is 0 Å². The molecule has 138 valence electrons. The number of hydrogen-bond donors (Lipinski definition) is 1. The summed E-state index contributed by atoms with van der Waals surface area (Å²) < 4.78 is 10.4. The van der Waals surface area contributed by atoms with Gasteiger partial charge in [0.25, 0.3) is 5.91 Å². The van der Waals surface area contributed by atoms with Crippen molar-refractivity contribution in [2.24, 2.45) is 0 Å². The van der Waals surface area contributed by atoms with E-state index >= 15 is 0 Å². The van der Waals surface area contributed by atoms with Crippen LogP contribution in [0, 0.1) is 6.92 Å². The van der Waals surface area contributed by atoms with Crippen molar-refractivity contribution in [3.8, 4) is 5.75 Å². The molecule has 0 bridgehead atoms. The highest BCUT2D eigenvalue weighted by atomic mass is 16.6. The Kier molecular flexibility index (Phi) is 5.50. The Labute approximate surface area is 151 Å². The van der Waals surface area contributed by atoms with E-state index in [2.05, 4.69) is 15.6 Å². The molecular weight excluding hydrogens is 336 g/mol. The van der Waals surface area contributed by atoms with Gasteiger partial charge in [-0.05, 0) is 31.9 Å². The van der Waals surface area contributed by atoms with Crippen LogP contribution in [0.15, 0.2) is 28.9 Å². The van der Waals surface area contributed by atoms with Crippen molar-refractivity contribution in [1.82, 2.24) is 15.2 Å². The molecule has 1 fully saturated rings. The van der Waals surface area contributed by atoms with Crippen LogP contribution in [0.1, 0.15) is 43.6 Å². The highest BCUT2D eigenvalue weighted by Crippen LogP contribution is 2.32. The Balaban J connectivity index is 1.61. The van der Waals surface area contributed by atoms with Gasteiger partial charge in [-0.3, -0.25) is 9.59 Å². The zero-order valence-corrected chi connectivity index (χ0v) is 14.9. The number of carbonyl (C=O) groups excluding carboxylic acids is 2. The summed E-state index contributed by atoms with van der Waals surface area (Å²) in [6, 6.07) is 6.89. The molecule has 0 spiro atoms. The summed E-state index contributed by atoms with van der Waals surface area (Å²) in [6.45, 7) is 4.18. The first-order chi connectivity index (χ1) is 12.6. The lowest BCUT2D eigenvalue weighted by molar-refractivity contribution is -0.134. The second-order valence-corrected chi connectivity index (χ2v) is 6.20.